The lowest BCUT2D eigenvalue weighted by atomic mass is 10.3. The fraction of sp³-hybridized carbons (Fsp3) is 0.167. The lowest BCUT2D eigenvalue weighted by Crippen LogP contribution is -2.18. The summed E-state index contributed by atoms with van der Waals surface area (Å²) < 4.78 is 15.9. The molecule has 0 unspecified atom stereocenters. The number of carbonyl (C=O) groups excluding carboxylic acids is 1. The van der Waals surface area contributed by atoms with Crippen molar-refractivity contribution in [2.75, 3.05) is 19.0 Å². The van der Waals surface area contributed by atoms with Crippen molar-refractivity contribution < 1.29 is 19.0 Å². The molecule has 0 bridgehead atoms. The van der Waals surface area contributed by atoms with Gasteiger partial charge in [0.2, 0.25) is 0 Å². The first-order chi connectivity index (χ1) is 12.2. The van der Waals surface area contributed by atoms with Crippen LogP contribution in [0.3, 0.4) is 0 Å². The van der Waals surface area contributed by atoms with Gasteiger partial charge in [0.1, 0.15) is 11.5 Å². The Hall–Kier alpha value is -3.35. The summed E-state index contributed by atoms with van der Waals surface area (Å²) in [4.78, 5) is 20.9. The fourth-order valence-electron chi connectivity index (χ4n) is 2.18. The van der Waals surface area contributed by atoms with E-state index in [-0.39, 0.29) is 11.7 Å². The van der Waals surface area contributed by atoms with Crippen molar-refractivity contribution in [2.24, 2.45) is 0 Å². The van der Waals surface area contributed by atoms with Crippen molar-refractivity contribution >= 4 is 22.9 Å². The summed E-state index contributed by atoms with van der Waals surface area (Å²) in [5.74, 6) is 1.48. The van der Waals surface area contributed by atoms with Gasteiger partial charge in [0.05, 0.1) is 24.8 Å². The molecule has 0 aliphatic heterocycles. The first kappa shape index (κ1) is 16.5. The van der Waals surface area contributed by atoms with Crippen LogP contribution in [0.1, 0.15) is 6.92 Å². The molecule has 1 N–H and O–H groups in total. The molecular formula is C18H17N3O4. The monoisotopic (exact) mass is 339 g/mol. The molecule has 2 aromatic carbocycles. The summed E-state index contributed by atoms with van der Waals surface area (Å²) in [5, 5.41) is 2.57. The molecule has 0 aliphatic carbocycles. The van der Waals surface area contributed by atoms with Crippen molar-refractivity contribution in [2.45, 2.75) is 6.92 Å². The number of nitrogens with zero attached hydrogens (tertiary/aromatic N) is 2. The zero-order chi connectivity index (χ0) is 17.6. The molecule has 0 radical (unpaired) electrons. The Balaban J connectivity index is 1.89. The molecule has 1 amide bonds. The van der Waals surface area contributed by atoms with Gasteiger partial charge < -0.3 is 14.2 Å². The molecule has 3 rings (SSSR count). The van der Waals surface area contributed by atoms with Crippen LogP contribution in [0.15, 0.2) is 48.5 Å². The minimum Gasteiger partial charge on any atom is -0.497 e. The van der Waals surface area contributed by atoms with Crippen LogP contribution in [-0.4, -0.2) is 29.8 Å². The summed E-state index contributed by atoms with van der Waals surface area (Å²) in [6.45, 7) is 2.21. The first-order valence-corrected chi connectivity index (χ1v) is 7.72. The molecular weight excluding hydrogens is 322 g/mol. The smallest absolute Gasteiger partial charge is 0.418 e. The van der Waals surface area contributed by atoms with E-state index in [1.54, 1.807) is 49.6 Å². The molecule has 7 heteroatoms. The topological polar surface area (TPSA) is 82.6 Å². The largest absolute Gasteiger partial charge is 0.497 e. The van der Waals surface area contributed by atoms with Crippen molar-refractivity contribution in [3.63, 3.8) is 0 Å². The maximum atomic E-state index is 12.1. The van der Waals surface area contributed by atoms with Crippen LogP contribution >= 0.6 is 0 Å². The second kappa shape index (κ2) is 7.48. The van der Waals surface area contributed by atoms with Crippen LogP contribution in [0.25, 0.3) is 11.0 Å². The average Bonchev–Trinajstić information content (AvgIpc) is 2.62. The third-order valence-corrected chi connectivity index (χ3v) is 3.29. The Morgan fingerprint density at radius 3 is 2.56 bits per heavy atom. The second-order valence-electron chi connectivity index (χ2n) is 4.99. The Labute approximate surface area is 144 Å². The lowest BCUT2D eigenvalue weighted by molar-refractivity contribution is 0.215. The molecule has 25 heavy (non-hydrogen) atoms. The summed E-state index contributed by atoms with van der Waals surface area (Å²) >= 11 is 0. The number of ether oxygens (including phenoxy) is 3. The predicted octanol–water partition coefficient (Wildman–Crippen LogP) is 3.65. The average molecular weight is 339 g/mol. The number of para-hydroxylation sites is 1. The van der Waals surface area contributed by atoms with Gasteiger partial charge in [-0.25, -0.2) is 14.8 Å². The van der Waals surface area contributed by atoms with Crippen molar-refractivity contribution in [3.05, 3.63) is 48.5 Å². The molecule has 0 spiro atoms. The molecule has 0 fully saturated rings. The zero-order valence-electron chi connectivity index (χ0n) is 13.9. The predicted molar refractivity (Wildman–Crippen MR) is 93.3 cm³/mol. The molecule has 3 aromatic rings. The number of hydrogen-bond acceptors (Lipinski definition) is 6. The number of fused-ring (bicyclic) bond motifs is 1. The van der Waals surface area contributed by atoms with E-state index in [4.69, 9.17) is 14.2 Å². The van der Waals surface area contributed by atoms with Gasteiger partial charge in [-0.1, -0.05) is 18.2 Å². The molecule has 0 aliphatic rings. The molecule has 1 heterocycles. The highest BCUT2D eigenvalue weighted by molar-refractivity contribution is 5.88. The van der Waals surface area contributed by atoms with Gasteiger partial charge in [-0.2, -0.15) is 0 Å². The van der Waals surface area contributed by atoms with E-state index >= 15 is 0 Å². The number of aromatic nitrogens is 2. The Morgan fingerprint density at radius 1 is 1.04 bits per heavy atom. The molecule has 0 saturated heterocycles. The van der Waals surface area contributed by atoms with Gasteiger partial charge in [0.25, 0.3) is 5.88 Å². The normalized spacial score (nSPS) is 10.3. The molecule has 7 nitrogen and oxygen atoms in total. The van der Waals surface area contributed by atoms with Crippen molar-refractivity contribution in [1.82, 2.24) is 9.97 Å². The number of carbonyl (C=O) groups is 1. The second-order valence-corrected chi connectivity index (χ2v) is 4.99. The minimum absolute atomic E-state index is 0.184. The number of nitrogens with one attached hydrogen (secondary N) is 1. The van der Waals surface area contributed by atoms with Gasteiger partial charge in [0, 0.05) is 6.07 Å². The van der Waals surface area contributed by atoms with E-state index in [1.165, 1.54) is 0 Å². The van der Waals surface area contributed by atoms with Gasteiger partial charge >= 0.3 is 6.09 Å². The Kier molecular flexibility index (Phi) is 4.94. The fourth-order valence-corrected chi connectivity index (χ4v) is 2.18. The number of benzene rings is 2. The number of methoxy groups -OCH3 is 1. The Bertz CT molecular complexity index is 884. The quantitative estimate of drug-likeness (QED) is 0.764. The summed E-state index contributed by atoms with van der Waals surface area (Å²) in [6, 6.07) is 14.0. The van der Waals surface area contributed by atoms with Crippen LogP contribution in [0.5, 0.6) is 17.4 Å². The standard InChI is InChI=1S/C18H17N3O4/c1-3-24-17-16(21-18(22)25-12-7-5-4-6-8-12)19-15-11-13(23-2)9-10-14(15)20-17/h4-11H,3H2,1-2H3,(H,19,21,22). The van der Waals surface area contributed by atoms with E-state index in [2.05, 4.69) is 15.3 Å². The molecule has 1 aromatic heterocycles. The van der Waals surface area contributed by atoms with E-state index in [9.17, 15) is 4.79 Å². The van der Waals surface area contributed by atoms with Crippen LogP contribution in [0.4, 0.5) is 10.6 Å². The van der Waals surface area contributed by atoms with E-state index in [0.717, 1.165) is 0 Å². The van der Waals surface area contributed by atoms with Crippen LogP contribution in [0.2, 0.25) is 0 Å². The Morgan fingerprint density at radius 2 is 1.84 bits per heavy atom. The SMILES string of the molecule is CCOc1nc2ccc(OC)cc2nc1NC(=O)Oc1ccccc1. The first-order valence-electron chi connectivity index (χ1n) is 7.72. The summed E-state index contributed by atoms with van der Waals surface area (Å²) in [6.07, 6.45) is -0.677. The van der Waals surface area contributed by atoms with Crippen molar-refractivity contribution in [1.29, 1.82) is 0 Å². The van der Waals surface area contributed by atoms with Gasteiger partial charge in [-0.15, -0.1) is 0 Å². The number of hydrogen-bond donors (Lipinski definition) is 1. The van der Waals surface area contributed by atoms with Gasteiger partial charge in [-0.3, -0.25) is 5.32 Å². The maximum Gasteiger partial charge on any atom is 0.418 e. The summed E-state index contributed by atoms with van der Waals surface area (Å²) in [7, 11) is 1.57. The highest BCUT2D eigenvalue weighted by atomic mass is 16.6. The highest BCUT2D eigenvalue weighted by Gasteiger charge is 2.15. The van der Waals surface area contributed by atoms with Crippen molar-refractivity contribution in [3.8, 4) is 17.4 Å². The molecule has 0 saturated carbocycles. The van der Waals surface area contributed by atoms with Gasteiger partial charge in [0.15, 0.2) is 5.82 Å². The minimum atomic E-state index is -0.677. The third-order valence-electron chi connectivity index (χ3n) is 3.29. The summed E-state index contributed by atoms with van der Waals surface area (Å²) in [5.41, 5.74) is 1.20. The number of rotatable bonds is 5. The number of amides is 1. The van der Waals surface area contributed by atoms with Crippen LogP contribution in [0, 0.1) is 0 Å². The van der Waals surface area contributed by atoms with E-state index in [0.29, 0.717) is 29.1 Å². The van der Waals surface area contributed by atoms with E-state index in [1.807, 2.05) is 13.0 Å². The number of anilines is 1. The third kappa shape index (κ3) is 3.95. The molecule has 0 atom stereocenters. The lowest BCUT2D eigenvalue weighted by Gasteiger charge is -2.11. The van der Waals surface area contributed by atoms with E-state index < -0.39 is 6.09 Å². The van der Waals surface area contributed by atoms with Crippen LogP contribution < -0.4 is 19.5 Å². The maximum absolute atomic E-state index is 12.1. The molecule has 128 valence electrons. The highest BCUT2D eigenvalue weighted by Crippen LogP contribution is 2.26. The van der Waals surface area contributed by atoms with Gasteiger partial charge in [-0.05, 0) is 31.2 Å². The van der Waals surface area contributed by atoms with Crippen LogP contribution in [-0.2, 0) is 0 Å². The zero-order valence-corrected chi connectivity index (χ0v) is 13.9.